The van der Waals surface area contributed by atoms with Crippen LogP contribution < -0.4 is 10.2 Å². The number of amides is 1. The lowest BCUT2D eigenvalue weighted by Crippen LogP contribution is -2.20. The Hall–Kier alpha value is -3.10. The van der Waals surface area contributed by atoms with Crippen molar-refractivity contribution in [3.05, 3.63) is 63.7 Å². The third kappa shape index (κ3) is 4.18. The van der Waals surface area contributed by atoms with Crippen molar-refractivity contribution in [2.45, 2.75) is 19.0 Å². The molecule has 142 valence electrons. The third-order valence-corrected chi connectivity index (χ3v) is 4.33. The number of benzene rings is 2. The monoisotopic (exact) mass is 379 g/mol. The van der Waals surface area contributed by atoms with Gasteiger partial charge in [0.15, 0.2) is 0 Å². The molecule has 1 aliphatic rings. The fourth-order valence-electron chi connectivity index (χ4n) is 3.01. The SMILES string of the molecule is O=C(Nc1cccc(C(F)(F)F)c1)c1ccc(N2CCCC2)c([N+](=O)[O-])c1. The Bertz CT molecular complexity index is 878. The van der Waals surface area contributed by atoms with Gasteiger partial charge in [-0.05, 0) is 43.2 Å². The van der Waals surface area contributed by atoms with Crippen LogP contribution in [-0.4, -0.2) is 23.9 Å². The summed E-state index contributed by atoms with van der Waals surface area (Å²) >= 11 is 0. The molecule has 0 bridgehead atoms. The van der Waals surface area contributed by atoms with Crippen molar-refractivity contribution in [3.63, 3.8) is 0 Å². The number of hydrogen-bond donors (Lipinski definition) is 1. The highest BCUT2D eigenvalue weighted by molar-refractivity contribution is 6.05. The van der Waals surface area contributed by atoms with Crippen LogP contribution in [0.4, 0.5) is 30.2 Å². The lowest BCUT2D eigenvalue weighted by Gasteiger charge is -2.18. The highest BCUT2D eigenvalue weighted by atomic mass is 19.4. The fraction of sp³-hybridized carbons (Fsp3) is 0.278. The first-order valence-electron chi connectivity index (χ1n) is 8.28. The van der Waals surface area contributed by atoms with Crippen LogP contribution >= 0.6 is 0 Å². The van der Waals surface area contributed by atoms with Crippen LogP contribution in [0.2, 0.25) is 0 Å². The van der Waals surface area contributed by atoms with Crippen molar-refractivity contribution in [3.8, 4) is 0 Å². The summed E-state index contributed by atoms with van der Waals surface area (Å²) in [6.45, 7) is 1.41. The van der Waals surface area contributed by atoms with Crippen LogP contribution in [0.25, 0.3) is 0 Å². The van der Waals surface area contributed by atoms with Gasteiger partial charge in [-0.15, -0.1) is 0 Å². The van der Waals surface area contributed by atoms with E-state index in [0.29, 0.717) is 18.8 Å². The average Bonchev–Trinajstić information content (AvgIpc) is 3.15. The minimum atomic E-state index is -4.53. The number of rotatable bonds is 4. The number of carbonyl (C=O) groups is 1. The maximum atomic E-state index is 12.8. The number of nitro groups is 1. The Morgan fingerprint density at radius 1 is 1.11 bits per heavy atom. The van der Waals surface area contributed by atoms with Gasteiger partial charge in [-0.25, -0.2) is 0 Å². The Balaban J connectivity index is 1.85. The Morgan fingerprint density at radius 2 is 1.81 bits per heavy atom. The maximum Gasteiger partial charge on any atom is 0.416 e. The van der Waals surface area contributed by atoms with Gasteiger partial charge in [0.1, 0.15) is 5.69 Å². The summed E-state index contributed by atoms with van der Waals surface area (Å²) in [7, 11) is 0. The predicted molar refractivity (Wildman–Crippen MR) is 93.9 cm³/mol. The molecule has 0 aliphatic carbocycles. The summed E-state index contributed by atoms with van der Waals surface area (Å²) in [5, 5.41) is 13.7. The zero-order chi connectivity index (χ0) is 19.6. The van der Waals surface area contributed by atoms with E-state index < -0.39 is 22.6 Å². The first-order valence-corrected chi connectivity index (χ1v) is 8.28. The van der Waals surface area contributed by atoms with E-state index in [-0.39, 0.29) is 16.9 Å². The molecule has 1 heterocycles. The van der Waals surface area contributed by atoms with Crippen molar-refractivity contribution >= 4 is 23.0 Å². The van der Waals surface area contributed by atoms with Gasteiger partial charge in [-0.3, -0.25) is 14.9 Å². The van der Waals surface area contributed by atoms with E-state index in [1.165, 1.54) is 24.3 Å². The van der Waals surface area contributed by atoms with Gasteiger partial charge in [0.2, 0.25) is 0 Å². The normalized spacial score (nSPS) is 14.3. The van der Waals surface area contributed by atoms with Gasteiger partial charge in [0.05, 0.1) is 10.5 Å². The minimum absolute atomic E-state index is 0.00191. The Labute approximate surface area is 152 Å². The number of carbonyl (C=O) groups excluding carboxylic acids is 1. The number of nitrogens with zero attached hydrogens (tertiary/aromatic N) is 2. The minimum Gasteiger partial charge on any atom is -0.366 e. The van der Waals surface area contributed by atoms with Gasteiger partial charge < -0.3 is 10.2 Å². The van der Waals surface area contributed by atoms with E-state index in [1.54, 1.807) is 0 Å². The zero-order valence-corrected chi connectivity index (χ0v) is 14.1. The number of anilines is 2. The van der Waals surface area contributed by atoms with Crippen LogP contribution in [0.5, 0.6) is 0 Å². The molecule has 3 rings (SSSR count). The summed E-state index contributed by atoms with van der Waals surface area (Å²) < 4.78 is 38.3. The van der Waals surface area contributed by atoms with Gasteiger partial charge in [0.25, 0.3) is 11.6 Å². The van der Waals surface area contributed by atoms with Crippen LogP contribution in [-0.2, 0) is 6.18 Å². The largest absolute Gasteiger partial charge is 0.416 e. The van der Waals surface area contributed by atoms with Crippen LogP contribution in [0, 0.1) is 10.1 Å². The molecule has 0 unspecified atom stereocenters. The molecule has 0 spiro atoms. The quantitative estimate of drug-likeness (QED) is 0.628. The Morgan fingerprint density at radius 3 is 2.44 bits per heavy atom. The molecule has 0 aromatic heterocycles. The van der Waals surface area contributed by atoms with Gasteiger partial charge in [-0.1, -0.05) is 6.07 Å². The molecular formula is C18H16F3N3O3. The molecular weight excluding hydrogens is 363 g/mol. The van der Waals surface area contributed by atoms with Crippen molar-refractivity contribution in [2.24, 2.45) is 0 Å². The van der Waals surface area contributed by atoms with Crippen molar-refractivity contribution in [2.75, 3.05) is 23.3 Å². The molecule has 1 amide bonds. The molecule has 1 aliphatic heterocycles. The van der Waals surface area contributed by atoms with E-state index in [1.807, 2.05) is 4.90 Å². The molecule has 0 radical (unpaired) electrons. The molecule has 9 heteroatoms. The summed E-state index contributed by atoms with van der Waals surface area (Å²) in [6, 6.07) is 8.29. The summed E-state index contributed by atoms with van der Waals surface area (Å²) in [4.78, 5) is 25.1. The molecule has 2 aromatic rings. The number of hydrogen-bond acceptors (Lipinski definition) is 4. The van der Waals surface area contributed by atoms with Crippen molar-refractivity contribution in [1.82, 2.24) is 0 Å². The van der Waals surface area contributed by atoms with E-state index in [0.717, 1.165) is 31.0 Å². The third-order valence-electron chi connectivity index (χ3n) is 4.33. The lowest BCUT2D eigenvalue weighted by atomic mass is 10.1. The zero-order valence-electron chi connectivity index (χ0n) is 14.1. The second-order valence-corrected chi connectivity index (χ2v) is 6.19. The maximum absolute atomic E-state index is 12.8. The lowest BCUT2D eigenvalue weighted by molar-refractivity contribution is -0.384. The standard InChI is InChI=1S/C18H16F3N3O3/c19-18(20,21)13-4-3-5-14(11-13)22-17(25)12-6-7-15(16(10-12)24(26)27)23-8-1-2-9-23/h3-7,10-11H,1-2,8-9H2,(H,22,25). The second kappa shape index (κ2) is 7.26. The molecule has 2 aromatic carbocycles. The first kappa shape index (κ1) is 18.7. The average molecular weight is 379 g/mol. The first-order chi connectivity index (χ1) is 12.8. The van der Waals surface area contributed by atoms with Crippen LogP contribution in [0.15, 0.2) is 42.5 Å². The summed E-state index contributed by atoms with van der Waals surface area (Å²) in [5.74, 6) is -0.717. The topological polar surface area (TPSA) is 75.5 Å². The summed E-state index contributed by atoms with van der Waals surface area (Å²) in [5.41, 5.74) is -0.694. The molecule has 6 nitrogen and oxygen atoms in total. The van der Waals surface area contributed by atoms with Gasteiger partial charge >= 0.3 is 6.18 Å². The molecule has 27 heavy (non-hydrogen) atoms. The highest BCUT2D eigenvalue weighted by Gasteiger charge is 2.30. The van der Waals surface area contributed by atoms with Crippen LogP contribution in [0.1, 0.15) is 28.8 Å². The van der Waals surface area contributed by atoms with Gasteiger partial charge in [-0.2, -0.15) is 13.2 Å². The van der Waals surface area contributed by atoms with Crippen molar-refractivity contribution < 1.29 is 22.9 Å². The van der Waals surface area contributed by atoms with E-state index >= 15 is 0 Å². The molecule has 1 N–H and O–H groups in total. The highest BCUT2D eigenvalue weighted by Crippen LogP contribution is 2.33. The van der Waals surface area contributed by atoms with E-state index in [4.69, 9.17) is 0 Å². The number of halogens is 3. The van der Waals surface area contributed by atoms with E-state index in [9.17, 15) is 28.1 Å². The van der Waals surface area contributed by atoms with E-state index in [2.05, 4.69) is 5.32 Å². The molecule has 0 saturated carbocycles. The Kier molecular flexibility index (Phi) is 5.02. The molecule has 1 fully saturated rings. The number of alkyl halides is 3. The number of nitrogens with one attached hydrogen (secondary N) is 1. The van der Waals surface area contributed by atoms with Gasteiger partial charge in [0, 0.05) is 30.4 Å². The molecule has 1 saturated heterocycles. The summed E-state index contributed by atoms with van der Waals surface area (Å²) in [6.07, 6.45) is -2.65. The predicted octanol–water partition coefficient (Wildman–Crippen LogP) is 4.47. The van der Waals surface area contributed by atoms with Crippen molar-refractivity contribution in [1.29, 1.82) is 0 Å². The fourth-order valence-corrected chi connectivity index (χ4v) is 3.01. The van der Waals surface area contributed by atoms with Crippen LogP contribution in [0.3, 0.4) is 0 Å². The second-order valence-electron chi connectivity index (χ2n) is 6.19. The smallest absolute Gasteiger partial charge is 0.366 e. The number of nitro benzene ring substituents is 1. The molecule has 0 atom stereocenters.